The number of aryl methyl sites for hydroxylation is 1. The zero-order valence-electron chi connectivity index (χ0n) is 18.7. The van der Waals surface area contributed by atoms with Crippen LogP contribution in [0.15, 0.2) is 42.9 Å². The molecule has 160 valence electrons. The Morgan fingerprint density at radius 3 is 2.35 bits per heavy atom. The molecule has 0 aliphatic rings. The van der Waals surface area contributed by atoms with Crippen molar-refractivity contribution in [1.29, 1.82) is 0 Å². The maximum Gasteiger partial charge on any atom is 0.284 e. The van der Waals surface area contributed by atoms with Crippen LogP contribution in [-0.2, 0) is 0 Å². The van der Waals surface area contributed by atoms with E-state index in [2.05, 4.69) is 48.8 Å². The molecule has 0 aliphatic carbocycles. The molecule has 0 atom stereocenters. The van der Waals surface area contributed by atoms with E-state index in [4.69, 9.17) is 20.2 Å². The molecule has 8 nitrogen and oxygen atoms in total. The average molecular weight is 434 g/mol. The molecule has 0 spiro atoms. The highest BCUT2D eigenvalue weighted by Gasteiger charge is 2.41. The van der Waals surface area contributed by atoms with E-state index in [0.29, 0.717) is 39.9 Å². The van der Waals surface area contributed by atoms with Crippen molar-refractivity contribution in [3.63, 3.8) is 0 Å². The molecule has 0 amide bonds. The Kier molecular flexibility index (Phi) is 5.01. The number of nitrogen functional groups attached to an aromatic ring is 1. The van der Waals surface area contributed by atoms with Crippen LogP contribution in [0, 0.1) is 6.92 Å². The lowest BCUT2D eigenvalue weighted by atomic mass is 10.2. The average Bonchev–Trinajstić information content (AvgIpc) is 3.05. The first kappa shape index (κ1) is 20.9. The molecule has 4 aromatic heterocycles. The van der Waals surface area contributed by atoms with Gasteiger partial charge in [-0.05, 0) is 54.9 Å². The van der Waals surface area contributed by atoms with Crippen LogP contribution in [0.1, 0.15) is 26.3 Å². The normalized spacial score (nSPS) is 12.3. The van der Waals surface area contributed by atoms with Crippen molar-refractivity contribution in [2.24, 2.45) is 0 Å². The molecule has 0 radical (unpaired) electrons. The summed E-state index contributed by atoms with van der Waals surface area (Å²) in [5.41, 5.74) is 9.83. The van der Waals surface area contributed by atoms with Crippen LogP contribution in [0.25, 0.3) is 34.1 Å². The molecule has 9 heteroatoms. The summed E-state index contributed by atoms with van der Waals surface area (Å²) < 4.78 is 8.40. The Morgan fingerprint density at radius 1 is 1.00 bits per heavy atom. The van der Waals surface area contributed by atoms with E-state index in [1.54, 1.807) is 23.3 Å². The van der Waals surface area contributed by atoms with E-state index in [-0.39, 0.29) is 5.04 Å². The summed E-state index contributed by atoms with van der Waals surface area (Å²) in [5.74, 6) is 1.52. The first-order valence-electron chi connectivity index (χ1n) is 10.2. The van der Waals surface area contributed by atoms with Gasteiger partial charge < -0.3 is 10.3 Å². The second-order valence-electron chi connectivity index (χ2n) is 9.14. The molecule has 0 fully saturated rings. The quantitative estimate of drug-likeness (QED) is 0.479. The molecule has 31 heavy (non-hydrogen) atoms. The van der Waals surface area contributed by atoms with Gasteiger partial charge in [-0.3, -0.25) is 0 Å². The molecule has 2 N–H and O–H groups in total. The fourth-order valence-electron chi connectivity index (χ4n) is 2.81. The van der Waals surface area contributed by atoms with Crippen LogP contribution in [-0.4, -0.2) is 38.0 Å². The number of anilines is 1. The minimum absolute atomic E-state index is 0.0149. The van der Waals surface area contributed by atoms with Gasteiger partial charge in [-0.15, -0.1) is 0 Å². The summed E-state index contributed by atoms with van der Waals surface area (Å²) in [6, 6.07) is 7.50. The van der Waals surface area contributed by atoms with Crippen molar-refractivity contribution in [2.75, 3.05) is 5.73 Å². The number of fused-ring (bicyclic) bond motifs is 1. The highest BCUT2D eigenvalue weighted by atomic mass is 28.4. The summed E-state index contributed by atoms with van der Waals surface area (Å²) in [5, 5.41) is -0.0149. The monoisotopic (exact) mass is 433 g/mol. The number of hydrogen-bond acceptors (Lipinski definition) is 7. The fraction of sp³-hybridized carbons (Fsp3) is 0.318. The van der Waals surface area contributed by atoms with Crippen LogP contribution in [0.2, 0.25) is 18.1 Å². The van der Waals surface area contributed by atoms with Crippen molar-refractivity contribution in [2.45, 2.75) is 45.8 Å². The summed E-state index contributed by atoms with van der Waals surface area (Å²) in [6.07, 6.45) is 5.21. The van der Waals surface area contributed by atoms with E-state index >= 15 is 0 Å². The number of rotatable bonds is 4. The first-order chi connectivity index (χ1) is 14.6. The second kappa shape index (κ2) is 7.42. The predicted octanol–water partition coefficient (Wildman–Crippen LogP) is 4.27. The maximum atomic E-state index is 6.68. The molecule has 0 saturated heterocycles. The van der Waals surface area contributed by atoms with E-state index in [9.17, 15) is 0 Å². The third kappa shape index (κ3) is 3.88. The third-order valence-corrected chi connectivity index (χ3v) is 9.93. The van der Waals surface area contributed by atoms with Crippen molar-refractivity contribution in [1.82, 2.24) is 29.7 Å². The van der Waals surface area contributed by atoms with E-state index in [0.717, 1.165) is 5.56 Å². The van der Waals surface area contributed by atoms with Gasteiger partial charge in [0.25, 0.3) is 8.32 Å². The number of aromatic nitrogens is 6. The smallest absolute Gasteiger partial charge is 0.284 e. The molecule has 0 unspecified atom stereocenters. The van der Waals surface area contributed by atoms with E-state index in [1.165, 1.54) is 0 Å². The zero-order valence-corrected chi connectivity index (χ0v) is 19.7. The van der Waals surface area contributed by atoms with Crippen molar-refractivity contribution < 1.29 is 4.53 Å². The second-order valence-corrected chi connectivity index (χ2v) is 13.8. The molecular weight excluding hydrogens is 406 g/mol. The molecule has 4 rings (SSSR count). The van der Waals surface area contributed by atoms with Gasteiger partial charge in [-0.25, -0.2) is 24.9 Å². The number of imidazole rings is 1. The van der Waals surface area contributed by atoms with Crippen LogP contribution in [0.3, 0.4) is 0 Å². The van der Waals surface area contributed by atoms with Crippen LogP contribution >= 0.6 is 0 Å². The summed E-state index contributed by atoms with van der Waals surface area (Å²) in [7, 11) is -2.22. The van der Waals surface area contributed by atoms with Crippen LogP contribution in [0.5, 0.6) is 0 Å². The Bertz CT molecular complexity index is 1240. The molecule has 0 bridgehead atoms. The maximum absolute atomic E-state index is 6.68. The summed E-state index contributed by atoms with van der Waals surface area (Å²) in [6.45, 7) is 12.9. The van der Waals surface area contributed by atoms with Gasteiger partial charge in [0.05, 0.1) is 5.56 Å². The first-order valence-corrected chi connectivity index (χ1v) is 13.1. The Labute approximate surface area is 182 Å². The van der Waals surface area contributed by atoms with E-state index < -0.39 is 8.32 Å². The molecule has 4 aromatic rings. The SMILES string of the molecule is Cc1cnc(-c2ccc3nc(-c4cccnc4N)n(O[Si](C)(C)C(C)(C)C)c3n2)nc1. The molecule has 0 aliphatic heterocycles. The molecular formula is C22H27N7OSi. The largest absolute Gasteiger partial charge is 0.466 e. The highest BCUT2D eigenvalue weighted by molar-refractivity contribution is 6.74. The highest BCUT2D eigenvalue weighted by Crippen LogP contribution is 2.37. The third-order valence-electron chi connectivity index (χ3n) is 5.68. The standard InChI is InChI=1S/C22H27N7OSi/c1-14-12-25-19(26-13-14)16-9-10-17-21(27-16)29(30-31(5,6)22(2,3)4)20(28-17)15-8-7-11-24-18(15)23/h7-13H,1-6H3,(H2,23,24). The summed E-state index contributed by atoms with van der Waals surface area (Å²) in [4.78, 5) is 22.7. The lowest BCUT2D eigenvalue weighted by molar-refractivity contribution is 0.264. The zero-order chi connectivity index (χ0) is 22.4. The predicted molar refractivity (Wildman–Crippen MR) is 125 cm³/mol. The lowest BCUT2D eigenvalue weighted by Crippen LogP contribution is -2.48. The van der Waals surface area contributed by atoms with Crippen molar-refractivity contribution in [3.8, 4) is 22.9 Å². The van der Waals surface area contributed by atoms with Crippen LogP contribution in [0.4, 0.5) is 5.82 Å². The fourth-order valence-corrected chi connectivity index (χ4v) is 3.72. The van der Waals surface area contributed by atoms with Gasteiger partial charge in [0.15, 0.2) is 17.3 Å². The van der Waals surface area contributed by atoms with Crippen molar-refractivity contribution in [3.05, 3.63) is 48.4 Å². The minimum atomic E-state index is -2.22. The number of pyridine rings is 2. The molecule has 0 aromatic carbocycles. The van der Waals surface area contributed by atoms with E-state index in [1.807, 2.05) is 31.2 Å². The number of nitrogens with zero attached hydrogens (tertiary/aromatic N) is 6. The topological polar surface area (TPSA) is 105 Å². The van der Waals surface area contributed by atoms with Gasteiger partial charge in [0.2, 0.25) is 0 Å². The Balaban J connectivity index is 1.94. The van der Waals surface area contributed by atoms with Gasteiger partial charge in [-0.1, -0.05) is 20.8 Å². The van der Waals surface area contributed by atoms with Gasteiger partial charge in [-0.2, -0.15) is 4.73 Å². The molecule has 4 heterocycles. The van der Waals surface area contributed by atoms with Crippen LogP contribution < -0.4 is 10.3 Å². The van der Waals surface area contributed by atoms with Gasteiger partial charge >= 0.3 is 0 Å². The van der Waals surface area contributed by atoms with Gasteiger partial charge in [0.1, 0.15) is 17.0 Å². The lowest BCUT2D eigenvalue weighted by Gasteiger charge is -2.36. The summed E-state index contributed by atoms with van der Waals surface area (Å²) >= 11 is 0. The number of nitrogens with two attached hydrogens (primary N) is 1. The minimum Gasteiger partial charge on any atom is -0.466 e. The Hall–Kier alpha value is -3.33. The molecule has 0 saturated carbocycles. The van der Waals surface area contributed by atoms with Crippen molar-refractivity contribution >= 4 is 25.3 Å². The van der Waals surface area contributed by atoms with Gasteiger partial charge in [0, 0.05) is 18.6 Å². The number of hydrogen-bond donors (Lipinski definition) is 1. The Morgan fingerprint density at radius 2 is 1.71 bits per heavy atom.